The van der Waals surface area contributed by atoms with Gasteiger partial charge >= 0.3 is 7.60 Å². The predicted molar refractivity (Wildman–Crippen MR) is 56.7 cm³/mol. The second kappa shape index (κ2) is 5.89. The first-order valence-electron chi connectivity index (χ1n) is 4.15. The smallest absolute Gasteiger partial charge is 0.353 e. The molecule has 0 spiro atoms. The van der Waals surface area contributed by atoms with E-state index >= 15 is 0 Å². The molecule has 0 aromatic rings. The summed E-state index contributed by atoms with van der Waals surface area (Å²) < 4.78 is 20.9. The Bertz CT molecular complexity index is 229. The van der Waals surface area contributed by atoms with Crippen LogP contribution in [-0.2, 0) is 13.6 Å². The van der Waals surface area contributed by atoms with E-state index in [0.717, 1.165) is 0 Å². The van der Waals surface area contributed by atoms with E-state index in [9.17, 15) is 9.67 Å². The highest BCUT2D eigenvalue weighted by Crippen LogP contribution is 2.48. The topological polar surface area (TPSA) is 55.8 Å². The maximum absolute atomic E-state index is 11.5. The summed E-state index contributed by atoms with van der Waals surface area (Å²) in [5, 5.41) is 9.73. The van der Waals surface area contributed by atoms with Crippen LogP contribution in [0.15, 0.2) is 11.9 Å². The van der Waals surface area contributed by atoms with E-state index in [1.54, 1.807) is 6.92 Å². The quantitative estimate of drug-likeness (QED) is 0.574. The molecule has 1 atom stereocenters. The molecular formula is C8H16ClO4P. The molecule has 0 radical (unpaired) electrons. The zero-order valence-electron chi connectivity index (χ0n) is 8.57. The molecule has 0 heterocycles. The molecule has 0 aliphatic carbocycles. The summed E-state index contributed by atoms with van der Waals surface area (Å²) in [6.45, 7) is 1.78. The van der Waals surface area contributed by atoms with E-state index < -0.39 is 13.2 Å². The molecular weight excluding hydrogens is 227 g/mol. The van der Waals surface area contributed by atoms with Gasteiger partial charge in [0.05, 0.1) is 11.5 Å². The van der Waals surface area contributed by atoms with Crippen molar-refractivity contribution < 1.29 is 18.7 Å². The third-order valence-corrected chi connectivity index (χ3v) is 3.91. The molecule has 0 rings (SSSR count). The van der Waals surface area contributed by atoms with Crippen LogP contribution >= 0.6 is 19.2 Å². The minimum Gasteiger partial charge on any atom is -0.385 e. The maximum Gasteiger partial charge on any atom is 0.353 e. The monoisotopic (exact) mass is 242 g/mol. The van der Waals surface area contributed by atoms with Gasteiger partial charge in [-0.15, -0.1) is 11.6 Å². The maximum atomic E-state index is 11.5. The first-order valence-corrected chi connectivity index (χ1v) is 6.30. The molecule has 1 unspecified atom stereocenters. The van der Waals surface area contributed by atoms with Crippen LogP contribution in [0.25, 0.3) is 0 Å². The fourth-order valence-electron chi connectivity index (χ4n) is 0.683. The van der Waals surface area contributed by atoms with Gasteiger partial charge in [0.15, 0.2) is 0 Å². The average molecular weight is 243 g/mol. The van der Waals surface area contributed by atoms with Crippen LogP contribution in [0.3, 0.4) is 0 Å². The van der Waals surface area contributed by atoms with Gasteiger partial charge in [-0.2, -0.15) is 0 Å². The van der Waals surface area contributed by atoms with Crippen molar-refractivity contribution in [1.29, 1.82) is 0 Å². The lowest BCUT2D eigenvalue weighted by molar-refractivity contribution is 0.111. The van der Waals surface area contributed by atoms with Gasteiger partial charge in [-0.3, -0.25) is 4.57 Å². The van der Waals surface area contributed by atoms with Gasteiger partial charge in [0, 0.05) is 20.0 Å². The van der Waals surface area contributed by atoms with E-state index in [1.165, 1.54) is 26.1 Å². The summed E-state index contributed by atoms with van der Waals surface area (Å²) in [7, 11) is -0.647. The lowest BCUT2D eigenvalue weighted by Crippen LogP contribution is -2.26. The number of rotatable bonds is 6. The highest BCUT2D eigenvalue weighted by molar-refractivity contribution is 7.57. The highest BCUT2D eigenvalue weighted by Gasteiger charge is 2.23. The summed E-state index contributed by atoms with van der Waals surface area (Å²) in [5.74, 6) is 1.26. The standard InChI is InChI=1S/C8H16ClO4P/c1-4-8(10,7-9)5-6-14(11,12-2)13-3/h5-6,10H,4,7H2,1-3H3. The number of hydrogen-bond donors (Lipinski definition) is 1. The zero-order chi connectivity index (χ0) is 11.2. The fraction of sp³-hybridized carbons (Fsp3) is 0.750. The minimum absolute atomic E-state index is 0.0351. The molecule has 0 saturated heterocycles. The lowest BCUT2D eigenvalue weighted by Gasteiger charge is -2.19. The largest absolute Gasteiger partial charge is 0.385 e. The van der Waals surface area contributed by atoms with Crippen molar-refractivity contribution in [3.8, 4) is 0 Å². The number of aliphatic hydroxyl groups is 1. The Hall–Kier alpha value is 0.140. The molecule has 0 amide bonds. The third-order valence-electron chi connectivity index (χ3n) is 1.92. The van der Waals surface area contributed by atoms with Crippen LogP contribution in [0.1, 0.15) is 13.3 Å². The van der Waals surface area contributed by atoms with Crippen LogP contribution < -0.4 is 0 Å². The van der Waals surface area contributed by atoms with Gasteiger partial charge in [-0.05, 0) is 12.5 Å². The molecule has 0 saturated carbocycles. The minimum atomic E-state index is -3.20. The average Bonchev–Trinajstić information content (AvgIpc) is 2.25. The Kier molecular flexibility index (Phi) is 5.94. The number of hydrogen-bond acceptors (Lipinski definition) is 4. The van der Waals surface area contributed by atoms with Gasteiger partial charge in [-0.1, -0.05) is 6.92 Å². The Labute approximate surface area is 89.4 Å². The molecule has 0 fully saturated rings. The molecule has 0 aromatic carbocycles. The summed E-state index contributed by atoms with van der Waals surface area (Å²) in [5.41, 5.74) is -1.16. The third kappa shape index (κ3) is 4.11. The van der Waals surface area contributed by atoms with Crippen molar-refractivity contribution in [1.82, 2.24) is 0 Å². The van der Waals surface area contributed by atoms with Crippen LogP contribution in [-0.4, -0.2) is 30.8 Å². The van der Waals surface area contributed by atoms with Crippen molar-refractivity contribution in [2.45, 2.75) is 18.9 Å². The molecule has 0 bridgehead atoms. The van der Waals surface area contributed by atoms with Gasteiger partial charge in [0.1, 0.15) is 0 Å². The summed E-state index contributed by atoms with van der Waals surface area (Å²) in [6, 6.07) is 0. The Morgan fingerprint density at radius 1 is 1.50 bits per heavy atom. The van der Waals surface area contributed by atoms with Gasteiger partial charge in [-0.25, -0.2) is 0 Å². The molecule has 14 heavy (non-hydrogen) atoms. The van der Waals surface area contributed by atoms with Crippen molar-refractivity contribution in [3.63, 3.8) is 0 Å². The van der Waals surface area contributed by atoms with E-state index in [0.29, 0.717) is 6.42 Å². The number of alkyl halides is 1. The van der Waals surface area contributed by atoms with Crippen LogP contribution in [0, 0.1) is 0 Å². The van der Waals surface area contributed by atoms with E-state index in [1.807, 2.05) is 0 Å². The van der Waals surface area contributed by atoms with Crippen molar-refractivity contribution in [2.75, 3.05) is 20.1 Å². The summed E-state index contributed by atoms with van der Waals surface area (Å²) >= 11 is 5.55. The predicted octanol–water partition coefficient (Wildman–Crippen LogP) is 2.37. The van der Waals surface area contributed by atoms with Gasteiger partial charge in [0.25, 0.3) is 0 Å². The first-order chi connectivity index (χ1) is 6.45. The fourth-order valence-corrected chi connectivity index (χ4v) is 1.81. The zero-order valence-corrected chi connectivity index (χ0v) is 10.2. The van der Waals surface area contributed by atoms with Gasteiger partial charge in [0.2, 0.25) is 0 Å². The Morgan fingerprint density at radius 2 is 2.00 bits per heavy atom. The second-order valence-electron chi connectivity index (χ2n) is 2.81. The second-order valence-corrected chi connectivity index (χ2v) is 5.19. The molecule has 1 N–H and O–H groups in total. The molecule has 6 heteroatoms. The molecule has 4 nitrogen and oxygen atoms in total. The highest BCUT2D eigenvalue weighted by atomic mass is 35.5. The Morgan fingerprint density at radius 3 is 2.29 bits per heavy atom. The SMILES string of the molecule is CCC(O)(C=CP(=O)(OC)OC)CCl. The molecule has 0 aliphatic heterocycles. The van der Waals surface area contributed by atoms with E-state index in [2.05, 4.69) is 9.05 Å². The van der Waals surface area contributed by atoms with Crippen molar-refractivity contribution >= 4 is 19.2 Å². The summed E-state index contributed by atoms with van der Waals surface area (Å²) in [4.78, 5) is 0. The Balaban J connectivity index is 4.63. The van der Waals surface area contributed by atoms with Crippen molar-refractivity contribution in [2.24, 2.45) is 0 Å². The van der Waals surface area contributed by atoms with Crippen molar-refractivity contribution in [3.05, 3.63) is 11.9 Å². The van der Waals surface area contributed by atoms with E-state index in [4.69, 9.17) is 11.6 Å². The van der Waals surface area contributed by atoms with Crippen LogP contribution in [0.5, 0.6) is 0 Å². The molecule has 84 valence electrons. The molecule has 0 aliphatic rings. The van der Waals surface area contributed by atoms with Crippen LogP contribution in [0.2, 0.25) is 0 Å². The normalized spacial score (nSPS) is 17.2. The summed E-state index contributed by atoms with van der Waals surface area (Å²) in [6.07, 6.45) is 1.79. The lowest BCUT2D eigenvalue weighted by atomic mass is 10.0. The first kappa shape index (κ1) is 14.1. The molecule has 0 aromatic heterocycles. The van der Waals surface area contributed by atoms with Gasteiger partial charge < -0.3 is 14.2 Å². The van der Waals surface area contributed by atoms with Crippen LogP contribution in [0.4, 0.5) is 0 Å². The number of halogens is 1. The van der Waals surface area contributed by atoms with E-state index in [-0.39, 0.29) is 5.88 Å².